The number of nitrogens with zero attached hydrogens (tertiary/aromatic N) is 3. The van der Waals surface area contributed by atoms with Gasteiger partial charge in [-0.15, -0.1) is 0 Å². The van der Waals surface area contributed by atoms with Crippen LogP contribution in [0.4, 0.5) is 5.82 Å². The highest BCUT2D eigenvalue weighted by atomic mass is 16.3. The fourth-order valence-corrected chi connectivity index (χ4v) is 4.31. The third-order valence-corrected chi connectivity index (χ3v) is 6.20. The van der Waals surface area contributed by atoms with Crippen LogP contribution in [0.3, 0.4) is 0 Å². The molecule has 1 atom stereocenters. The van der Waals surface area contributed by atoms with E-state index >= 15 is 0 Å². The molecule has 1 fully saturated rings. The molecule has 5 rings (SSSR count). The maximum Gasteiger partial charge on any atom is 0.213 e. The van der Waals surface area contributed by atoms with E-state index in [1.807, 2.05) is 43.3 Å². The van der Waals surface area contributed by atoms with E-state index in [-0.39, 0.29) is 20.4 Å². The molecule has 6 heteroatoms. The Labute approximate surface area is 201 Å². The average Bonchev–Trinajstić information content (AvgIpc) is 2.90. The molecule has 174 valence electrons. The largest absolute Gasteiger partial charge is 0.508 e. The predicted octanol–water partition coefficient (Wildman–Crippen LogP) is 5.03. The smallest absolute Gasteiger partial charge is 0.213 e. The first-order valence-electron chi connectivity index (χ1n) is 11.4. The third-order valence-electron chi connectivity index (χ3n) is 6.20. The molecule has 2 N–H and O–H groups in total. The minimum atomic E-state index is -0.151. The number of nitrogens with one attached hydrogen (secondary N) is 1. The molecule has 4 aromatic rings. The molecule has 0 saturated carbocycles. The van der Waals surface area contributed by atoms with Gasteiger partial charge in [-0.25, -0.2) is 4.98 Å². The van der Waals surface area contributed by atoms with E-state index in [0.717, 1.165) is 36.6 Å². The van der Waals surface area contributed by atoms with Crippen molar-refractivity contribution in [3.8, 4) is 16.9 Å². The van der Waals surface area contributed by atoms with Gasteiger partial charge in [-0.1, -0.05) is 48.5 Å². The van der Waals surface area contributed by atoms with Gasteiger partial charge in [0, 0.05) is 51.5 Å². The highest BCUT2D eigenvalue weighted by Gasteiger charge is 2.23. The molecular weight excluding hydrogens is 424 g/mol. The molecule has 6 nitrogen and oxygen atoms in total. The van der Waals surface area contributed by atoms with Crippen molar-refractivity contribution in [3.63, 3.8) is 0 Å². The summed E-state index contributed by atoms with van der Waals surface area (Å²) in [5, 5.41) is 13.1. The van der Waals surface area contributed by atoms with Gasteiger partial charge in [0.1, 0.15) is 17.3 Å². The highest BCUT2D eigenvalue weighted by molar-refractivity contribution is 6.09. The van der Waals surface area contributed by atoms with Gasteiger partial charge in [-0.05, 0) is 48.4 Å². The number of aromatic nitrogens is 2. The van der Waals surface area contributed by atoms with Gasteiger partial charge < -0.3 is 15.3 Å². The van der Waals surface area contributed by atoms with Crippen LogP contribution in [0.1, 0.15) is 36.2 Å². The van der Waals surface area contributed by atoms with Crippen molar-refractivity contribution in [1.82, 2.24) is 15.3 Å². The Morgan fingerprint density at radius 3 is 2.62 bits per heavy atom. The van der Waals surface area contributed by atoms with Crippen LogP contribution in [0.25, 0.3) is 11.1 Å². The third kappa shape index (κ3) is 4.54. The molecule has 2 aromatic heterocycles. The van der Waals surface area contributed by atoms with E-state index in [0.29, 0.717) is 17.0 Å². The van der Waals surface area contributed by atoms with Gasteiger partial charge >= 0.3 is 0 Å². The van der Waals surface area contributed by atoms with Crippen LogP contribution in [0.15, 0.2) is 85.1 Å². The lowest BCUT2D eigenvalue weighted by Gasteiger charge is -2.35. The Kier molecular flexibility index (Phi) is 6.06. The first kappa shape index (κ1) is 21.8. The van der Waals surface area contributed by atoms with E-state index in [1.54, 1.807) is 24.4 Å². The fraction of sp³-hybridized carbons (Fsp3) is 0.179. The minimum Gasteiger partial charge on any atom is -0.508 e. The SMILES string of the molecule is Cc1ncc(-c2ccc(O)cc2)cc1C(=O)c1cccc(N2CCNC(c3ccccc3)C2)n1.[HH].[HH]. The minimum absolute atomic E-state index is 0. The van der Waals surface area contributed by atoms with Crippen molar-refractivity contribution in [2.45, 2.75) is 13.0 Å². The molecule has 0 bridgehead atoms. The highest BCUT2D eigenvalue weighted by Crippen LogP contribution is 2.25. The summed E-state index contributed by atoms with van der Waals surface area (Å²) in [7, 11) is 0. The number of anilines is 1. The van der Waals surface area contributed by atoms with Crippen LogP contribution in [0.5, 0.6) is 5.75 Å². The number of ketones is 1. The first-order valence-corrected chi connectivity index (χ1v) is 11.4. The number of phenols is 1. The van der Waals surface area contributed by atoms with Crippen LogP contribution in [0, 0.1) is 6.92 Å². The Hall–Kier alpha value is -4.03. The number of hydrogen-bond acceptors (Lipinski definition) is 6. The summed E-state index contributed by atoms with van der Waals surface area (Å²) >= 11 is 0. The van der Waals surface area contributed by atoms with E-state index in [1.165, 1.54) is 5.56 Å². The second kappa shape index (κ2) is 9.45. The second-order valence-corrected chi connectivity index (χ2v) is 8.48. The number of pyridine rings is 2. The topological polar surface area (TPSA) is 78.4 Å². The number of benzene rings is 2. The number of rotatable bonds is 5. The summed E-state index contributed by atoms with van der Waals surface area (Å²) in [6.45, 7) is 4.28. The molecular formula is C28H30N4O2. The van der Waals surface area contributed by atoms with Crippen molar-refractivity contribution >= 4 is 11.6 Å². The molecule has 1 aliphatic heterocycles. The zero-order chi connectivity index (χ0) is 23.5. The fourth-order valence-electron chi connectivity index (χ4n) is 4.31. The van der Waals surface area contributed by atoms with E-state index in [4.69, 9.17) is 4.98 Å². The zero-order valence-electron chi connectivity index (χ0n) is 19.0. The van der Waals surface area contributed by atoms with Crippen LogP contribution in [0.2, 0.25) is 0 Å². The summed E-state index contributed by atoms with van der Waals surface area (Å²) in [5.74, 6) is 0.847. The molecule has 1 saturated heterocycles. The lowest BCUT2D eigenvalue weighted by molar-refractivity contribution is 0.103. The summed E-state index contributed by atoms with van der Waals surface area (Å²) in [4.78, 5) is 24.9. The Morgan fingerprint density at radius 2 is 1.82 bits per heavy atom. The standard InChI is InChI=1S/C28H26N4O2.2H2/c1-19-24(16-22(17-30-19)20-10-12-23(33)13-11-20)28(34)25-8-5-9-27(31-25)32-15-14-29-26(18-32)21-6-3-2-4-7-21;;/h2-13,16-17,26,29,33H,14-15,18H2,1H3;2*1H. The predicted molar refractivity (Wildman–Crippen MR) is 137 cm³/mol. The molecule has 1 unspecified atom stereocenters. The number of aryl methyl sites for hydroxylation is 1. The lowest BCUT2D eigenvalue weighted by atomic mass is 10.0. The van der Waals surface area contributed by atoms with Crippen LogP contribution >= 0.6 is 0 Å². The summed E-state index contributed by atoms with van der Waals surface area (Å²) < 4.78 is 0. The van der Waals surface area contributed by atoms with E-state index < -0.39 is 0 Å². The number of carbonyl (C=O) groups is 1. The van der Waals surface area contributed by atoms with Gasteiger partial charge in [0.05, 0.1) is 0 Å². The zero-order valence-corrected chi connectivity index (χ0v) is 19.0. The number of carbonyl (C=O) groups excluding carboxylic acids is 1. The molecule has 2 aromatic carbocycles. The second-order valence-electron chi connectivity index (χ2n) is 8.48. The van der Waals surface area contributed by atoms with E-state index in [9.17, 15) is 9.90 Å². The molecule has 0 radical (unpaired) electrons. The number of piperazine rings is 1. The Balaban J connectivity index is 0.00000180. The number of phenolic OH excluding ortho intramolecular Hbond substituents is 1. The normalized spacial score (nSPS) is 15.8. The molecule has 0 spiro atoms. The Morgan fingerprint density at radius 1 is 1.03 bits per heavy atom. The molecule has 0 aliphatic carbocycles. The van der Waals surface area contributed by atoms with Gasteiger partial charge in [0.15, 0.2) is 0 Å². The summed E-state index contributed by atoms with van der Waals surface area (Å²) in [6, 6.07) is 24.9. The number of aromatic hydroxyl groups is 1. The van der Waals surface area contributed by atoms with Crippen LogP contribution in [-0.4, -0.2) is 40.5 Å². The van der Waals surface area contributed by atoms with Crippen molar-refractivity contribution in [1.29, 1.82) is 0 Å². The number of hydrogen-bond donors (Lipinski definition) is 2. The maximum absolute atomic E-state index is 13.5. The van der Waals surface area contributed by atoms with Gasteiger partial charge in [-0.2, -0.15) is 0 Å². The summed E-state index contributed by atoms with van der Waals surface area (Å²) in [5.41, 5.74) is 4.53. The molecule has 34 heavy (non-hydrogen) atoms. The van der Waals surface area contributed by atoms with Crippen LogP contribution < -0.4 is 10.2 Å². The van der Waals surface area contributed by atoms with Crippen molar-refractivity contribution in [2.75, 3.05) is 24.5 Å². The van der Waals surface area contributed by atoms with E-state index in [2.05, 4.69) is 39.5 Å². The Bertz CT molecular complexity index is 1320. The monoisotopic (exact) mass is 454 g/mol. The summed E-state index contributed by atoms with van der Waals surface area (Å²) in [6.07, 6.45) is 1.74. The molecule has 1 aliphatic rings. The first-order chi connectivity index (χ1) is 16.6. The average molecular weight is 455 g/mol. The van der Waals surface area contributed by atoms with Gasteiger partial charge in [0.25, 0.3) is 0 Å². The molecule has 0 amide bonds. The lowest BCUT2D eigenvalue weighted by Crippen LogP contribution is -2.46. The van der Waals surface area contributed by atoms with Crippen molar-refractivity contribution in [3.05, 3.63) is 108 Å². The van der Waals surface area contributed by atoms with Crippen molar-refractivity contribution in [2.24, 2.45) is 0 Å². The van der Waals surface area contributed by atoms with Crippen molar-refractivity contribution < 1.29 is 12.8 Å². The quantitative estimate of drug-likeness (QED) is 0.412. The van der Waals surface area contributed by atoms with Crippen LogP contribution in [-0.2, 0) is 0 Å². The van der Waals surface area contributed by atoms with Gasteiger partial charge in [-0.3, -0.25) is 9.78 Å². The maximum atomic E-state index is 13.5. The molecule has 3 heterocycles. The van der Waals surface area contributed by atoms with Gasteiger partial charge in [0.2, 0.25) is 5.78 Å².